The summed E-state index contributed by atoms with van der Waals surface area (Å²) in [7, 11) is 1.33. The number of rotatable bonds is 1. The second-order valence-corrected chi connectivity index (χ2v) is 3.59. The molecule has 2 heterocycles. The molecule has 14 heavy (non-hydrogen) atoms. The van der Waals surface area contributed by atoms with Gasteiger partial charge in [-0.15, -0.1) is 0 Å². The lowest BCUT2D eigenvalue weighted by Gasteiger charge is -1.97. The van der Waals surface area contributed by atoms with E-state index in [1.807, 2.05) is 0 Å². The van der Waals surface area contributed by atoms with Crippen molar-refractivity contribution in [3.63, 3.8) is 0 Å². The average molecular weight is 209 g/mol. The normalized spacial score (nSPS) is 10.4. The molecule has 0 aliphatic carbocycles. The molecule has 0 spiro atoms. The Labute approximate surface area is 83.5 Å². The maximum atomic E-state index is 11.3. The van der Waals surface area contributed by atoms with Gasteiger partial charge in [0.25, 0.3) is 0 Å². The zero-order valence-electron chi connectivity index (χ0n) is 7.35. The molecule has 0 atom stereocenters. The molecule has 5 nitrogen and oxygen atoms in total. The Morgan fingerprint density at radius 1 is 1.64 bits per heavy atom. The second kappa shape index (κ2) is 3.22. The second-order valence-electron chi connectivity index (χ2n) is 2.55. The Morgan fingerprint density at radius 2 is 2.43 bits per heavy atom. The predicted molar refractivity (Wildman–Crippen MR) is 53.2 cm³/mol. The summed E-state index contributed by atoms with van der Waals surface area (Å²) in [5.41, 5.74) is 6.45. The van der Waals surface area contributed by atoms with Gasteiger partial charge in [-0.1, -0.05) is 11.3 Å². The summed E-state index contributed by atoms with van der Waals surface area (Å²) in [4.78, 5) is 19.3. The van der Waals surface area contributed by atoms with Crippen molar-refractivity contribution < 1.29 is 9.53 Å². The first-order valence-electron chi connectivity index (χ1n) is 3.81. The summed E-state index contributed by atoms with van der Waals surface area (Å²) in [6.45, 7) is 0. The van der Waals surface area contributed by atoms with Crippen molar-refractivity contribution in [3.05, 3.63) is 17.8 Å². The molecule has 0 fully saturated rings. The number of hydrogen-bond acceptors (Lipinski definition) is 6. The third-order valence-electron chi connectivity index (χ3n) is 1.71. The molecule has 0 aliphatic heterocycles. The number of pyridine rings is 1. The molecule has 2 N–H and O–H groups in total. The van der Waals surface area contributed by atoms with Crippen molar-refractivity contribution in [1.29, 1.82) is 0 Å². The molecule has 72 valence electrons. The molecule has 0 radical (unpaired) electrons. The van der Waals surface area contributed by atoms with E-state index in [9.17, 15) is 4.79 Å². The van der Waals surface area contributed by atoms with E-state index in [2.05, 4.69) is 14.7 Å². The van der Waals surface area contributed by atoms with Crippen molar-refractivity contribution in [2.45, 2.75) is 0 Å². The summed E-state index contributed by atoms with van der Waals surface area (Å²) in [5, 5.41) is 0.392. The smallest absolute Gasteiger partial charge is 0.339 e. The summed E-state index contributed by atoms with van der Waals surface area (Å²) >= 11 is 1.23. The number of nitrogen functional groups attached to an aromatic ring is 1. The Balaban J connectivity index is 2.70. The molecule has 0 bridgehead atoms. The van der Waals surface area contributed by atoms with E-state index in [0.717, 1.165) is 0 Å². The monoisotopic (exact) mass is 209 g/mol. The quantitative estimate of drug-likeness (QED) is 0.710. The molecule has 0 aliphatic rings. The SMILES string of the molecule is COC(=O)c1ccnc2nc(N)sc12. The topological polar surface area (TPSA) is 78.1 Å². The first-order valence-corrected chi connectivity index (χ1v) is 4.63. The van der Waals surface area contributed by atoms with Crippen LogP contribution in [0.15, 0.2) is 12.3 Å². The van der Waals surface area contributed by atoms with E-state index >= 15 is 0 Å². The zero-order chi connectivity index (χ0) is 10.1. The molecule has 0 saturated carbocycles. The van der Waals surface area contributed by atoms with Crippen LogP contribution >= 0.6 is 11.3 Å². The predicted octanol–water partition coefficient (Wildman–Crippen LogP) is 1.06. The van der Waals surface area contributed by atoms with Crippen LogP contribution in [-0.4, -0.2) is 23.0 Å². The van der Waals surface area contributed by atoms with Gasteiger partial charge in [0.1, 0.15) is 0 Å². The van der Waals surface area contributed by atoms with Gasteiger partial charge in [0.2, 0.25) is 0 Å². The number of methoxy groups -OCH3 is 1. The minimum atomic E-state index is -0.402. The van der Waals surface area contributed by atoms with Gasteiger partial charge in [-0.3, -0.25) is 0 Å². The molecule has 2 aromatic rings. The van der Waals surface area contributed by atoms with Crippen LogP contribution in [0.2, 0.25) is 0 Å². The zero-order valence-corrected chi connectivity index (χ0v) is 8.17. The summed E-state index contributed by atoms with van der Waals surface area (Å²) in [6.07, 6.45) is 1.51. The van der Waals surface area contributed by atoms with Crippen molar-refractivity contribution in [2.75, 3.05) is 12.8 Å². The maximum Gasteiger partial charge on any atom is 0.339 e. The molecule has 0 amide bonds. The van der Waals surface area contributed by atoms with E-state index in [-0.39, 0.29) is 0 Å². The lowest BCUT2D eigenvalue weighted by atomic mass is 10.3. The summed E-state index contributed by atoms with van der Waals surface area (Å²) in [5.74, 6) is -0.402. The number of aromatic nitrogens is 2. The number of fused-ring (bicyclic) bond motifs is 1. The van der Waals surface area contributed by atoms with Crippen LogP contribution in [-0.2, 0) is 4.74 Å². The van der Waals surface area contributed by atoms with Gasteiger partial charge >= 0.3 is 5.97 Å². The van der Waals surface area contributed by atoms with E-state index in [1.54, 1.807) is 6.07 Å². The van der Waals surface area contributed by atoms with Crippen molar-refractivity contribution in [2.24, 2.45) is 0 Å². The van der Waals surface area contributed by atoms with Gasteiger partial charge in [0.05, 0.1) is 17.4 Å². The first kappa shape index (κ1) is 8.89. The Kier molecular flexibility index (Phi) is 2.05. The minimum absolute atomic E-state index is 0.392. The number of carbonyl (C=O) groups is 1. The van der Waals surface area contributed by atoms with Crippen LogP contribution in [0.4, 0.5) is 5.13 Å². The van der Waals surface area contributed by atoms with Crippen LogP contribution in [0.1, 0.15) is 10.4 Å². The van der Waals surface area contributed by atoms with E-state index in [4.69, 9.17) is 5.73 Å². The highest BCUT2D eigenvalue weighted by atomic mass is 32.1. The number of esters is 1. The molecule has 0 aromatic carbocycles. The highest BCUT2D eigenvalue weighted by molar-refractivity contribution is 7.22. The minimum Gasteiger partial charge on any atom is -0.465 e. The fourth-order valence-corrected chi connectivity index (χ4v) is 1.91. The fraction of sp³-hybridized carbons (Fsp3) is 0.125. The van der Waals surface area contributed by atoms with Gasteiger partial charge in [0.15, 0.2) is 10.8 Å². The molecule has 6 heteroatoms. The van der Waals surface area contributed by atoms with Gasteiger partial charge in [-0.25, -0.2) is 14.8 Å². The number of ether oxygens (including phenoxy) is 1. The first-order chi connectivity index (χ1) is 6.72. The fourth-order valence-electron chi connectivity index (χ4n) is 1.12. The van der Waals surface area contributed by atoms with Crippen molar-refractivity contribution in [1.82, 2.24) is 9.97 Å². The number of nitrogens with two attached hydrogens (primary N) is 1. The van der Waals surface area contributed by atoms with Crippen LogP contribution in [0.3, 0.4) is 0 Å². The van der Waals surface area contributed by atoms with E-state index in [1.165, 1.54) is 24.6 Å². The lowest BCUT2D eigenvalue weighted by molar-refractivity contribution is 0.0603. The number of nitrogens with zero attached hydrogens (tertiary/aromatic N) is 2. The van der Waals surface area contributed by atoms with E-state index in [0.29, 0.717) is 21.0 Å². The largest absolute Gasteiger partial charge is 0.465 e. The third kappa shape index (κ3) is 1.29. The highest BCUT2D eigenvalue weighted by Crippen LogP contribution is 2.25. The molecule has 2 aromatic heterocycles. The number of anilines is 1. The van der Waals surface area contributed by atoms with Crippen LogP contribution < -0.4 is 5.73 Å². The Morgan fingerprint density at radius 3 is 3.14 bits per heavy atom. The van der Waals surface area contributed by atoms with Crippen LogP contribution in [0.25, 0.3) is 10.3 Å². The summed E-state index contributed by atoms with van der Waals surface area (Å²) in [6, 6.07) is 1.59. The highest BCUT2D eigenvalue weighted by Gasteiger charge is 2.13. The van der Waals surface area contributed by atoms with Gasteiger partial charge in [-0.05, 0) is 6.07 Å². The molecule has 0 saturated heterocycles. The van der Waals surface area contributed by atoms with Crippen LogP contribution in [0, 0.1) is 0 Å². The number of carbonyl (C=O) groups excluding carboxylic acids is 1. The van der Waals surface area contributed by atoms with Gasteiger partial charge in [-0.2, -0.15) is 0 Å². The Hall–Kier alpha value is -1.69. The Bertz CT molecular complexity index is 494. The average Bonchev–Trinajstić information content (AvgIpc) is 2.56. The number of hydrogen-bond donors (Lipinski definition) is 1. The standard InChI is InChI=1S/C8H7N3O2S/c1-13-7(12)4-2-3-10-6-5(4)14-8(9)11-6/h2-3H,1H3,(H2,9,10,11). The molecule has 2 rings (SSSR count). The van der Waals surface area contributed by atoms with E-state index < -0.39 is 5.97 Å². The summed E-state index contributed by atoms with van der Waals surface area (Å²) < 4.78 is 5.29. The third-order valence-corrected chi connectivity index (χ3v) is 2.62. The van der Waals surface area contributed by atoms with Crippen molar-refractivity contribution in [3.8, 4) is 0 Å². The maximum absolute atomic E-state index is 11.3. The van der Waals surface area contributed by atoms with Crippen LogP contribution in [0.5, 0.6) is 0 Å². The molecular weight excluding hydrogens is 202 g/mol. The lowest BCUT2D eigenvalue weighted by Crippen LogP contribution is -2.01. The number of thiazole rings is 1. The van der Waals surface area contributed by atoms with Gasteiger partial charge in [0, 0.05) is 6.20 Å². The van der Waals surface area contributed by atoms with Gasteiger partial charge < -0.3 is 10.5 Å². The molecular formula is C8H7N3O2S. The van der Waals surface area contributed by atoms with Crippen molar-refractivity contribution >= 4 is 32.8 Å². The molecule has 0 unspecified atom stereocenters.